The highest BCUT2D eigenvalue weighted by atomic mass is 32.2. The molecule has 0 radical (unpaired) electrons. The number of hydrogen-bond acceptors (Lipinski definition) is 7. The van der Waals surface area contributed by atoms with Crippen molar-refractivity contribution in [2.45, 2.75) is 23.9 Å². The van der Waals surface area contributed by atoms with Crippen molar-refractivity contribution >= 4 is 33.7 Å². The number of ether oxygens (including phenoxy) is 1. The van der Waals surface area contributed by atoms with Gasteiger partial charge in [-0.2, -0.15) is 4.72 Å². The molecule has 0 aliphatic carbocycles. The van der Waals surface area contributed by atoms with Crippen LogP contribution in [-0.4, -0.2) is 49.6 Å². The van der Waals surface area contributed by atoms with Gasteiger partial charge in [-0.3, -0.25) is 9.78 Å². The van der Waals surface area contributed by atoms with E-state index in [4.69, 9.17) is 0 Å². The van der Waals surface area contributed by atoms with Gasteiger partial charge in [-0.25, -0.2) is 18.0 Å². The third kappa shape index (κ3) is 7.77. The average Bonchev–Trinajstić information content (AvgIpc) is 3.00. The van der Waals surface area contributed by atoms with E-state index in [2.05, 4.69) is 25.1 Å². The van der Waals surface area contributed by atoms with Gasteiger partial charge in [-0.05, 0) is 59.5 Å². The fourth-order valence-corrected chi connectivity index (χ4v) is 5.49. The molecule has 216 valence electrons. The summed E-state index contributed by atoms with van der Waals surface area (Å²) >= 11 is 0. The topological polar surface area (TPSA) is 164 Å². The molecule has 11 nitrogen and oxygen atoms in total. The lowest BCUT2D eigenvalue weighted by atomic mass is 10.0. The first-order valence-corrected chi connectivity index (χ1v) is 14.2. The number of methoxy groups -OCH3 is 1. The molecule has 4 aromatic rings. The Hall–Kier alpha value is -5.07. The van der Waals surface area contributed by atoms with E-state index in [1.807, 2.05) is 18.2 Å². The molecule has 0 saturated heterocycles. The summed E-state index contributed by atoms with van der Waals surface area (Å²) in [5.41, 5.74) is 3.27. The first-order valence-electron chi connectivity index (χ1n) is 12.7. The van der Waals surface area contributed by atoms with Crippen LogP contribution in [0.15, 0.2) is 102 Å². The third-order valence-electron chi connectivity index (χ3n) is 6.18. The molecule has 2 amide bonds. The highest BCUT2D eigenvalue weighted by molar-refractivity contribution is 7.89. The van der Waals surface area contributed by atoms with Crippen LogP contribution in [0.1, 0.15) is 21.6 Å². The lowest BCUT2D eigenvalue weighted by Gasteiger charge is -2.16. The Kier molecular flexibility index (Phi) is 9.63. The highest BCUT2D eigenvalue weighted by Gasteiger charge is 2.29. The number of carboxylic acid groups (broad SMARTS) is 1. The number of benzene rings is 3. The van der Waals surface area contributed by atoms with Gasteiger partial charge < -0.3 is 20.5 Å². The summed E-state index contributed by atoms with van der Waals surface area (Å²) in [7, 11) is -3.25. The molecule has 0 spiro atoms. The van der Waals surface area contributed by atoms with Gasteiger partial charge in [0.15, 0.2) is 0 Å². The Labute approximate surface area is 242 Å². The van der Waals surface area contributed by atoms with Crippen LogP contribution in [0.5, 0.6) is 0 Å². The van der Waals surface area contributed by atoms with E-state index in [9.17, 15) is 27.9 Å². The number of pyridine rings is 1. The fourth-order valence-electron chi connectivity index (χ4n) is 4.10. The second-order valence-electron chi connectivity index (χ2n) is 9.11. The van der Waals surface area contributed by atoms with E-state index in [0.29, 0.717) is 11.3 Å². The van der Waals surface area contributed by atoms with Gasteiger partial charge in [0.1, 0.15) is 6.04 Å². The van der Waals surface area contributed by atoms with Crippen molar-refractivity contribution in [2.24, 2.45) is 0 Å². The predicted molar refractivity (Wildman–Crippen MR) is 155 cm³/mol. The Morgan fingerprint density at radius 3 is 2.33 bits per heavy atom. The van der Waals surface area contributed by atoms with Crippen LogP contribution in [0.2, 0.25) is 0 Å². The minimum Gasteiger partial charge on any atom is -0.480 e. The van der Waals surface area contributed by atoms with Gasteiger partial charge in [0.2, 0.25) is 10.0 Å². The quantitative estimate of drug-likeness (QED) is 0.192. The van der Waals surface area contributed by atoms with Crippen LogP contribution in [0.4, 0.5) is 10.5 Å². The maximum atomic E-state index is 13.0. The maximum Gasteiger partial charge on any atom is 0.339 e. The zero-order chi connectivity index (χ0) is 30.1. The summed E-state index contributed by atoms with van der Waals surface area (Å²) < 4.78 is 32.9. The summed E-state index contributed by atoms with van der Waals surface area (Å²) in [6.07, 6.45) is 1.50. The molecule has 3 aromatic carbocycles. The first kappa shape index (κ1) is 29.9. The first-order chi connectivity index (χ1) is 20.2. The SMILES string of the molecule is COC(=O)c1ccccc1S(=O)(=O)NC(Cc1ccc(-c2cccc(NC(=O)NCc3ccccn3)c2)cc1)C(=O)O. The summed E-state index contributed by atoms with van der Waals surface area (Å²) in [5, 5.41) is 15.3. The molecule has 0 aliphatic heterocycles. The molecule has 1 heterocycles. The van der Waals surface area contributed by atoms with Crippen molar-refractivity contribution in [3.8, 4) is 11.1 Å². The summed E-state index contributed by atoms with van der Waals surface area (Å²) in [5.74, 6) is -2.24. The Morgan fingerprint density at radius 2 is 1.64 bits per heavy atom. The van der Waals surface area contributed by atoms with Crippen LogP contribution in [-0.2, 0) is 32.5 Å². The number of urea groups is 1. The Balaban J connectivity index is 1.43. The molecule has 0 aliphatic rings. The zero-order valence-electron chi connectivity index (χ0n) is 22.5. The number of sulfonamides is 1. The van der Waals surface area contributed by atoms with E-state index in [-0.39, 0.29) is 29.5 Å². The maximum absolute atomic E-state index is 13.0. The van der Waals surface area contributed by atoms with Crippen LogP contribution in [0, 0.1) is 0 Å². The van der Waals surface area contributed by atoms with Crippen molar-refractivity contribution < 1.29 is 32.6 Å². The van der Waals surface area contributed by atoms with Gasteiger partial charge in [-0.15, -0.1) is 0 Å². The van der Waals surface area contributed by atoms with Crippen molar-refractivity contribution in [3.05, 3.63) is 114 Å². The van der Waals surface area contributed by atoms with E-state index >= 15 is 0 Å². The summed E-state index contributed by atoms with van der Waals surface area (Å²) in [4.78, 5) is 40.1. The van der Waals surface area contributed by atoms with E-state index < -0.39 is 28.0 Å². The molecule has 42 heavy (non-hydrogen) atoms. The number of nitrogens with zero attached hydrogens (tertiary/aromatic N) is 1. The van der Waals surface area contributed by atoms with Gasteiger partial charge >= 0.3 is 18.0 Å². The molecule has 0 saturated carbocycles. The lowest BCUT2D eigenvalue weighted by Crippen LogP contribution is -2.42. The Morgan fingerprint density at radius 1 is 0.905 bits per heavy atom. The van der Waals surface area contributed by atoms with Crippen molar-refractivity contribution in [1.29, 1.82) is 0 Å². The summed E-state index contributed by atoms with van der Waals surface area (Å²) in [6.45, 7) is 0.277. The van der Waals surface area contributed by atoms with Crippen LogP contribution < -0.4 is 15.4 Å². The normalized spacial score (nSPS) is 11.7. The third-order valence-corrected chi connectivity index (χ3v) is 7.71. The standard InChI is InChI=1S/C30H28N4O7S/c1-41-29(37)25-10-2-3-11-27(25)42(39,40)34-26(28(35)36)17-20-12-14-21(15-13-20)22-7-6-9-23(18-22)33-30(38)32-19-24-8-4-5-16-31-24/h2-16,18,26,34H,17,19H2,1H3,(H,35,36)(H2,32,33,38). The van der Waals surface area contributed by atoms with Crippen LogP contribution in [0.3, 0.4) is 0 Å². The molecule has 4 rings (SSSR count). The molecular weight excluding hydrogens is 560 g/mol. The van der Waals surface area contributed by atoms with Crippen LogP contribution in [0.25, 0.3) is 11.1 Å². The monoisotopic (exact) mass is 588 g/mol. The van der Waals surface area contributed by atoms with Gasteiger partial charge in [0.05, 0.1) is 29.8 Å². The molecule has 0 fully saturated rings. The number of aromatic nitrogens is 1. The minimum absolute atomic E-state index is 0.146. The molecule has 1 aromatic heterocycles. The van der Waals surface area contributed by atoms with Crippen molar-refractivity contribution in [1.82, 2.24) is 15.0 Å². The van der Waals surface area contributed by atoms with E-state index in [0.717, 1.165) is 23.9 Å². The number of nitrogens with one attached hydrogen (secondary N) is 3. The minimum atomic E-state index is -4.37. The van der Waals surface area contributed by atoms with Gasteiger partial charge in [0, 0.05) is 11.9 Å². The van der Waals surface area contributed by atoms with Crippen LogP contribution >= 0.6 is 0 Å². The predicted octanol–water partition coefficient (Wildman–Crippen LogP) is 3.83. The Bertz CT molecular complexity index is 1680. The molecule has 4 N–H and O–H groups in total. The number of amides is 2. The molecule has 1 atom stereocenters. The smallest absolute Gasteiger partial charge is 0.339 e. The van der Waals surface area contributed by atoms with Gasteiger partial charge in [-0.1, -0.05) is 54.6 Å². The number of esters is 1. The highest BCUT2D eigenvalue weighted by Crippen LogP contribution is 2.24. The van der Waals surface area contributed by atoms with E-state index in [1.165, 1.54) is 24.3 Å². The zero-order valence-corrected chi connectivity index (χ0v) is 23.3. The molecule has 0 bridgehead atoms. The van der Waals surface area contributed by atoms with Gasteiger partial charge in [0.25, 0.3) is 0 Å². The molecule has 12 heteroatoms. The molecular formula is C30H28N4O7S. The number of hydrogen-bond donors (Lipinski definition) is 4. The number of anilines is 1. The second kappa shape index (κ2) is 13.5. The second-order valence-corrected chi connectivity index (χ2v) is 10.8. The fraction of sp³-hybridized carbons (Fsp3) is 0.133. The van der Waals surface area contributed by atoms with Crippen molar-refractivity contribution in [3.63, 3.8) is 0 Å². The number of rotatable bonds is 11. The van der Waals surface area contributed by atoms with E-state index in [1.54, 1.807) is 54.7 Å². The largest absolute Gasteiger partial charge is 0.480 e. The lowest BCUT2D eigenvalue weighted by molar-refractivity contribution is -0.138. The number of carbonyl (C=O) groups excluding carboxylic acids is 2. The number of carbonyl (C=O) groups is 3. The summed E-state index contributed by atoms with van der Waals surface area (Å²) in [6, 6.07) is 23.1. The van der Waals surface area contributed by atoms with Crippen molar-refractivity contribution in [2.75, 3.05) is 12.4 Å². The molecule has 1 unspecified atom stereocenters. The number of aliphatic carboxylic acids is 1. The average molecular weight is 589 g/mol. The number of carboxylic acids is 1.